The van der Waals surface area contributed by atoms with E-state index in [1.165, 1.54) is 0 Å². The number of pyridine rings is 1. The maximum absolute atomic E-state index is 8.91. The molecule has 3 nitrogen and oxygen atoms in total. The number of anilines is 1. The first kappa shape index (κ1) is 13.3. The Bertz CT molecular complexity index is 307. The maximum Gasteiger partial charge on any atom is 0.0523 e. The van der Waals surface area contributed by atoms with Gasteiger partial charge in [0.05, 0.1) is 5.69 Å². The number of hydrogen-bond donors (Lipinski definition) is 2. The molecule has 0 amide bonds. The highest BCUT2D eigenvalue weighted by atomic mass is 32.2. The van der Waals surface area contributed by atoms with Crippen LogP contribution in [0, 0.1) is 5.92 Å². The van der Waals surface area contributed by atoms with Gasteiger partial charge in [-0.05, 0) is 30.7 Å². The summed E-state index contributed by atoms with van der Waals surface area (Å²) < 4.78 is 0. The molecule has 2 N–H and O–H groups in total. The summed E-state index contributed by atoms with van der Waals surface area (Å²) in [6.45, 7) is 5.32. The fourth-order valence-corrected chi connectivity index (χ4v) is 2.28. The van der Waals surface area contributed by atoms with Gasteiger partial charge >= 0.3 is 0 Å². The average molecular weight is 240 g/mol. The minimum atomic E-state index is 0.262. The highest BCUT2D eigenvalue weighted by molar-refractivity contribution is 7.98. The van der Waals surface area contributed by atoms with E-state index >= 15 is 0 Å². The molecule has 1 aromatic rings. The van der Waals surface area contributed by atoms with Crippen molar-refractivity contribution in [3.8, 4) is 0 Å². The zero-order valence-corrected chi connectivity index (χ0v) is 10.8. The summed E-state index contributed by atoms with van der Waals surface area (Å²) >= 11 is 1.82. The van der Waals surface area contributed by atoms with Gasteiger partial charge in [-0.3, -0.25) is 4.98 Å². The van der Waals surface area contributed by atoms with E-state index in [1.807, 2.05) is 24.0 Å². The summed E-state index contributed by atoms with van der Waals surface area (Å²) in [6, 6.07) is 4.06. The van der Waals surface area contributed by atoms with Crippen LogP contribution in [0.25, 0.3) is 0 Å². The average Bonchev–Trinajstić information content (AvgIpc) is 2.30. The summed E-state index contributed by atoms with van der Waals surface area (Å²) in [6.07, 6.45) is 1.84. The molecule has 0 bridgehead atoms. The van der Waals surface area contributed by atoms with Crippen molar-refractivity contribution in [3.63, 3.8) is 0 Å². The zero-order valence-electron chi connectivity index (χ0n) is 9.94. The third-order valence-corrected chi connectivity index (χ3v) is 3.47. The Hall–Kier alpha value is -0.740. The predicted molar refractivity (Wildman–Crippen MR) is 70.8 cm³/mol. The van der Waals surface area contributed by atoms with Gasteiger partial charge in [-0.2, -0.15) is 11.8 Å². The van der Waals surface area contributed by atoms with Crippen LogP contribution in [0.1, 0.15) is 19.5 Å². The van der Waals surface area contributed by atoms with Gasteiger partial charge in [0.15, 0.2) is 0 Å². The summed E-state index contributed by atoms with van der Waals surface area (Å²) in [5.74, 6) is 2.25. The number of rotatable bonds is 7. The van der Waals surface area contributed by atoms with Gasteiger partial charge in [0.25, 0.3) is 0 Å². The molecule has 0 aliphatic carbocycles. The molecule has 1 heterocycles. The lowest BCUT2D eigenvalue weighted by Gasteiger charge is -2.08. The molecule has 0 aliphatic rings. The van der Waals surface area contributed by atoms with Crippen LogP contribution >= 0.6 is 11.8 Å². The number of nitrogens with one attached hydrogen (secondary N) is 1. The van der Waals surface area contributed by atoms with Crippen LogP contribution in [0.5, 0.6) is 0 Å². The second kappa shape index (κ2) is 7.52. The molecule has 0 saturated carbocycles. The smallest absolute Gasteiger partial charge is 0.0523 e. The SMILES string of the molecule is CCNc1ccnc(CSCC(C)CO)c1. The van der Waals surface area contributed by atoms with E-state index in [4.69, 9.17) is 5.11 Å². The lowest BCUT2D eigenvalue weighted by Crippen LogP contribution is -2.04. The van der Waals surface area contributed by atoms with E-state index in [1.54, 1.807) is 0 Å². The van der Waals surface area contributed by atoms with Crippen LogP contribution in [0.15, 0.2) is 18.3 Å². The first-order chi connectivity index (χ1) is 7.76. The molecular weight excluding hydrogens is 220 g/mol. The normalized spacial score (nSPS) is 12.4. The summed E-state index contributed by atoms with van der Waals surface area (Å²) in [7, 11) is 0. The number of nitrogens with zero attached hydrogens (tertiary/aromatic N) is 1. The molecular formula is C12H20N2OS. The molecule has 0 radical (unpaired) electrons. The van der Waals surface area contributed by atoms with E-state index in [2.05, 4.69) is 30.2 Å². The summed E-state index contributed by atoms with van der Waals surface area (Å²) in [5.41, 5.74) is 2.22. The molecule has 4 heteroatoms. The summed E-state index contributed by atoms with van der Waals surface area (Å²) in [4.78, 5) is 4.32. The number of hydrogen-bond acceptors (Lipinski definition) is 4. The number of aromatic nitrogens is 1. The van der Waals surface area contributed by atoms with Crippen molar-refractivity contribution in [2.45, 2.75) is 19.6 Å². The maximum atomic E-state index is 8.91. The van der Waals surface area contributed by atoms with Gasteiger partial charge in [-0.15, -0.1) is 0 Å². The van der Waals surface area contributed by atoms with Gasteiger partial charge in [0.1, 0.15) is 0 Å². The molecule has 0 fully saturated rings. The number of aliphatic hydroxyl groups excluding tert-OH is 1. The van der Waals surface area contributed by atoms with Gasteiger partial charge in [-0.1, -0.05) is 6.92 Å². The molecule has 16 heavy (non-hydrogen) atoms. The van der Waals surface area contributed by atoms with Crippen molar-refractivity contribution in [2.24, 2.45) is 5.92 Å². The fourth-order valence-electron chi connectivity index (χ4n) is 1.29. The minimum absolute atomic E-state index is 0.262. The molecule has 0 aromatic carbocycles. The van der Waals surface area contributed by atoms with Crippen molar-refractivity contribution in [1.82, 2.24) is 4.98 Å². The molecule has 1 unspecified atom stereocenters. The van der Waals surface area contributed by atoms with Gasteiger partial charge in [0, 0.05) is 30.8 Å². The van der Waals surface area contributed by atoms with Crippen LogP contribution in [-0.2, 0) is 5.75 Å². The molecule has 0 spiro atoms. The van der Waals surface area contributed by atoms with Crippen LogP contribution in [0.2, 0.25) is 0 Å². The fraction of sp³-hybridized carbons (Fsp3) is 0.583. The van der Waals surface area contributed by atoms with Crippen molar-refractivity contribution in [2.75, 3.05) is 24.2 Å². The van der Waals surface area contributed by atoms with Gasteiger partial charge in [-0.25, -0.2) is 0 Å². The number of thioether (sulfide) groups is 1. The highest BCUT2D eigenvalue weighted by Gasteiger charge is 2.01. The van der Waals surface area contributed by atoms with E-state index in [-0.39, 0.29) is 6.61 Å². The monoisotopic (exact) mass is 240 g/mol. The first-order valence-corrected chi connectivity index (χ1v) is 6.79. The van der Waals surface area contributed by atoms with Crippen LogP contribution in [-0.4, -0.2) is 29.0 Å². The van der Waals surface area contributed by atoms with Crippen LogP contribution in [0.4, 0.5) is 5.69 Å². The summed E-state index contributed by atoms with van der Waals surface area (Å²) in [5, 5.41) is 12.2. The minimum Gasteiger partial charge on any atom is -0.396 e. The van der Waals surface area contributed by atoms with Gasteiger partial charge < -0.3 is 10.4 Å². The van der Waals surface area contributed by atoms with Crippen molar-refractivity contribution >= 4 is 17.4 Å². The molecule has 1 atom stereocenters. The quantitative estimate of drug-likeness (QED) is 0.768. The first-order valence-electron chi connectivity index (χ1n) is 5.63. The van der Waals surface area contributed by atoms with Crippen molar-refractivity contribution in [3.05, 3.63) is 24.0 Å². The molecule has 1 rings (SSSR count). The van der Waals surface area contributed by atoms with Crippen LogP contribution < -0.4 is 5.32 Å². The van der Waals surface area contributed by atoms with Crippen molar-refractivity contribution < 1.29 is 5.11 Å². The third kappa shape index (κ3) is 4.86. The van der Waals surface area contributed by atoms with E-state index < -0.39 is 0 Å². The molecule has 90 valence electrons. The Morgan fingerprint density at radius 1 is 1.56 bits per heavy atom. The highest BCUT2D eigenvalue weighted by Crippen LogP contribution is 2.16. The molecule has 1 aromatic heterocycles. The Labute approximate surface area is 102 Å². The second-order valence-corrected chi connectivity index (χ2v) is 4.90. The number of aliphatic hydroxyl groups is 1. The lowest BCUT2D eigenvalue weighted by molar-refractivity contribution is 0.250. The zero-order chi connectivity index (χ0) is 11.8. The van der Waals surface area contributed by atoms with E-state index in [0.717, 1.165) is 29.4 Å². The Kier molecular flexibility index (Phi) is 6.26. The van der Waals surface area contributed by atoms with E-state index in [0.29, 0.717) is 5.92 Å². The third-order valence-electron chi connectivity index (χ3n) is 2.16. The molecule has 0 aliphatic heterocycles. The Balaban J connectivity index is 2.38. The van der Waals surface area contributed by atoms with Crippen LogP contribution in [0.3, 0.4) is 0 Å². The predicted octanol–water partition coefficient (Wildman–Crippen LogP) is 2.38. The van der Waals surface area contributed by atoms with Gasteiger partial charge in [0.2, 0.25) is 0 Å². The molecule has 0 saturated heterocycles. The van der Waals surface area contributed by atoms with Crippen molar-refractivity contribution in [1.29, 1.82) is 0 Å². The topological polar surface area (TPSA) is 45.2 Å². The Morgan fingerprint density at radius 3 is 3.06 bits per heavy atom. The Morgan fingerprint density at radius 2 is 2.38 bits per heavy atom. The lowest BCUT2D eigenvalue weighted by atomic mass is 10.2. The standard InChI is InChI=1S/C12H20N2OS/c1-3-13-11-4-5-14-12(6-11)9-16-8-10(2)7-15/h4-6,10,15H,3,7-9H2,1-2H3,(H,13,14). The largest absolute Gasteiger partial charge is 0.396 e. The second-order valence-electron chi connectivity index (χ2n) is 3.87. The van der Waals surface area contributed by atoms with E-state index in [9.17, 15) is 0 Å².